The topological polar surface area (TPSA) is 97.4 Å². The number of likely N-dealkylation sites (tertiary alicyclic amines) is 1. The van der Waals surface area contributed by atoms with Gasteiger partial charge in [0.1, 0.15) is 11.3 Å². The van der Waals surface area contributed by atoms with Gasteiger partial charge in [-0.15, -0.1) is 0 Å². The van der Waals surface area contributed by atoms with Crippen molar-refractivity contribution in [2.45, 2.75) is 66.0 Å². The van der Waals surface area contributed by atoms with Gasteiger partial charge in [0.05, 0.1) is 12.2 Å². The quantitative estimate of drug-likeness (QED) is 0.809. The molecule has 0 saturated carbocycles. The summed E-state index contributed by atoms with van der Waals surface area (Å²) >= 11 is 0. The Labute approximate surface area is 176 Å². The average Bonchev–Trinajstić information content (AvgIpc) is 2.91. The summed E-state index contributed by atoms with van der Waals surface area (Å²) in [5, 5.41) is 6.92. The summed E-state index contributed by atoms with van der Waals surface area (Å²) in [5.74, 6) is 0.389. The summed E-state index contributed by atoms with van der Waals surface area (Å²) in [6.45, 7) is 8.58. The van der Waals surface area contributed by atoms with E-state index in [1.54, 1.807) is 22.6 Å². The van der Waals surface area contributed by atoms with Crippen LogP contribution in [0.4, 0.5) is 0 Å². The third-order valence-corrected chi connectivity index (χ3v) is 6.01. The molecule has 1 atom stereocenters. The number of amides is 2. The smallest absolute Gasteiger partial charge is 0.263 e. The molecule has 1 aliphatic rings. The van der Waals surface area contributed by atoms with Crippen molar-refractivity contribution >= 4 is 11.8 Å². The Morgan fingerprint density at radius 2 is 2.00 bits per heavy atom. The second kappa shape index (κ2) is 8.85. The van der Waals surface area contributed by atoms with E-state index < -0.39 is 0 Å². The number of aromatic nitrogens is 2. The van der Waals surface area contributed by atoms with Crippen molar-refractivity contribution in [3.63, 3.8) is 0 Å². The predicted molar refractivity (Wildman–Crippen MR) is 112 cm³/mol. The lowest BCUT2D eigenvalue weighted by Gasteiger charge is -2.21. The second-order valence-electron chi connectivity index (χ2n) is 8.02. The van der Waals surface area contributed by atoms with Crippen LogP contribution in [0.15, 0.2) is 15.4 Å². The Morgan fingerprint density at radius 1 is 1.27 bits per heavy atom. The fourth-order valence-corrected chi connectivity index (χ4v) is 4.14. The number of rotatable bonds is 5. The molecule has 2 aromatic rings. The Morgan fingerprint density at radius 3 is 2.63 bits per heavy atom. The first-order valence-corrected chi connectivity index (χ1v) is 10.4. The summed E-state index contributed by atoms with van der Waals surface area (Å²) in [6, 6.07) is 1.51. The van der Waals surface area contributed by atoms with Crippen LogP contribution in [0, 0.1) is 20.8 Å². The summed E-state index contributed by atoms with van der Waals surface area (Å²) in [4.78, 5) is 39.8. The van der Waals surface area contributed by atoms with Crippen LogP contribution < -0.4 is 10.9 Å². The van der Waals surface area contributed by atoms with Gasteiger partial charge in [-0.3, -0.25) is 14.4 Å². The van der Waals surface area contributed by atoms with E-state index in [-0.39, 0.29) is 29.0 Å². The fourth-order valence-electron chi connectivity index (χ4n) is 4.14. The highest BCUT2D eigenvalue weighted by atomic mass is 16.5. The highest BCUT2D eigenvalue weighted by molar-refractivity contribution is 5.94. The van der Waals surface area contributed by atoms with Crippen molar-refractivity contribution in [2.75, 3.05) is 6.54 Å². The van der Waals surface area contributed by atoms with E-state index in [0.29, 0.717) is 32.4 Å². The number of hydrogen-bond donors (Lipinski definition) is 1. The van der Waals surface area contributed by atoms with Crippen LogP contribution >= 0.6 is 0 Å². The Hall–Kier alpha value is -2.90. The van der Waals surface area contributed by atoms with Gasteiger partial charge in [-0.25, -0.2) is 0 Å². The zero-order valence-electron chi connectivity index (χ0n) is 18.4. The number of carbonyl (C=O) groups excluding carboxylic acids is 2. The van der Waals surface area contributed by atoms with E-state index in [0.717, 1.165) is 34.7 Å². The highest BCUT2D eigenvalue weighted by Crippen LogP contribution is 2.19. The first kappa shape index (κ1) is 21.8. The third kappa shape index (κ3) is 4.32. The van der Waals surface area contributed by atoms with E-state index in [4.69, 9.17) is 4.52 Å². The average molecular weight is 415 g/mol. The number of hydrogen-bond acceptors (Lipinski definition) is 5. The summed E-state index contributed by atoms with van der Waals surface area (Å²) in [5.41, 5.74) is 3.42. The molecular weight excluding hydrogens is 384 g/mol. The molecule has 2 aromatic heterocycles. The normalized spacial score (nSPS) is 17.2. The Balaban J connectivity index is 1.70. The van der Waals surface area contributed by atoms with Crippen LogP contribution in [0.2, 0.25) is 0 Å². The van der Waals surface area contributed by atoms with Crippen molar-refractivity contribution in [2.24, 2.45) is 7.05 Å². The summed E-state index contributed by atoms with van der Waals surface area (Å²) < 4.78 is 6.74. The summed E-state index contributed by atoms with van der Waals surface area (Å²) in [7, 11) is 1.70. The molecule has 8 heteroatoms. The molecule has 0 radical (unpaired) electrons. The molecule has 2 amide bonds. The van der Waals surface area contributed by atoms with Gasteiger partial charge in [0.15, 0.2) is 0 Å². The SMILES string of the molecule is CCc1c(C)cc(C(=O)NC2CCC(=O)N(Cc3c(C)noc3C)CC2)c(=O)n1C. The van der Waals surface area contributed by atoms with Gasteiger partial charge < -0.3 is 19.3 Å². The molecule has 1 N–H and O–H groups in total. The molecular formula is C22H30N4O4. The molecule has 1 unspecified atom stereocenters. The van der Waals surface area contributed by atoms with Gasteiger partial charge in [0, 0.05) is 37.3 Å². The largest absolute Gasteiger partial charge is 0.361 e. The zero-order valence-corrected chi connectivity index (χ0v) is 18.4. The standard InChI is InChI=1S/C22H30N4O4/c1-6-19-13(2)11-17(22(29)25(19)5)21(28)23-16-7-8-20(27)26(10-9-16)12-18-14(3)24-30-15(18)4/h11,16H,6-10,12H2,1-5H3,(H,23,28). The van der Waals surface area contributed by atoms with E-state index in [1.165, 1.54) is 0 Å². The summed E-state index contributed by atoms with van der Waals surface area (Å²) in [6.07, 6.45) is 2.26. The first-order chi connectivity index (χ1) is 14.2. The second-order valence-corrected chi connectivity index (χ2v) is 8.02. The van der Waals surface area contributed by atoms with Crippen LogP contribution in [0.5, 0.6) is 0 Å². The maximum absolute atomic E-state index is 12.8. The minimum Gasteiger partial charge on any atom is -0.361 e. The van der Waals surface area contributed by atoms with E-state index in [9.17, 15) is 14.4 Å². The maximum Gasteiger partial charge on any atom is 0.263 e. The van der Waals surface area contributed by atoms with Crippen LogP contribution in [0.25, 0.3) is 0 Å². The lowest BCUT2D eigenvalue weighted by atomic mass is 10.1. The van der Waals surface area contributed by atoms with Gasteiger partial charge >= 0.3 is 0 Å². The first-order valence-electron chi connectivity index (χ1n) is 10.4. The lowest BCUT2D eigenvalue weighted by Crippen LogP contribution is -2.39. The molecule has 3 rings (SSSR count). The molecule has 1 saturated heterocycles. The van der Waals surface area contributed by atoms with Gasteiger partial charge in [-0.2, -0.15) is 0 Å². The van der Waals surface area contributed by atoms with Crippen molar-refractivity contribution < 1.29 is 14.1 Å². The van der Waals surface area contributed by atoms with E-state index in [1.807, 2.05) is 27.7 Å². The Bertz CT molecular complexity index is 1000. The fraction of sp³-hybridized carbons (Fsp3) is 0.545. The van der Waals surface area contributed by atoms with Crippen LogP contribution in [-0.4, -0.2) is 39.0 Å². The number of nitrogens with zero attached hydrogens (tertiary/aromatic N) is 3. The Kier molecular flexibility index (Phi) is 6.43. The predicted octanol–water partition coefficient (Wildman–Crippen LogP) is 2.17. The molecule has 1 aliphatic heterocycles. The maximum atomic E-state index is 12.8. The van der Waals surface area contributed by atoms with Gasteiger partial charge in [0.25, 0.3) is 11.5 Å². The van der Waals surface area contributed by atoms with Gasteiger partial charge in [0.2, 0.25) is 5.91 Å². The number of pyridine rings is 1. The third-order valence-electron chi connectivity index (χ3n) is 6.01. The zero-order chi connectivity index (χ0) is 22.0. The van der Waals surface area contributed by atoms with Crippen molar-refractivity contribution in [1.82, 2.24) is 19.9 Å². The molecule has 1 fully saturated rings. The molecule has 8 nitrogen and oxygen atoms in total. The monoisotopic (exact) mass is 414 g/mol. The molecule has 3 heterocycles. The number of aryl methyl sites for hydroxylation is 3. The molecule has 0 bridgehead atoms. The molecule has 30 heavy (non-hydrogen) atoms. The van der Waals surface area contributed by atoms with Crippen LogP contribution in [0.3, 0.4) is 0 Å². The van der Waals surface area contributed by atoms with Crippen molar-refractivity contribution in [3.8, 4) is 0 Å². The van der Waals surface area contributed by atoms with Crippen LogP contribution in [-0.2, 0) is 24.8 Å². The van der Waals surface area contributed by atoms with Gasteiger partial charge in [-0.05, 0) is 51.7 Å². The van der Waals surface area contributed by atoms with Crippen molar-refractivity contribution in [3.05, 3.63) is 50.3 Å². The highest BCUT2D eigenvalue weighted by Gasteiger charge is 2.26. The van der Waals surface area contributed by atoms with E-state index in [2.05, 4.69) is 10.5 Å². The minimum atomic E-state index is -0.377. The molecule has 0 spiro atoms. The molecule has 162 valence electrons. The van der Waals surface area contributed by atoms with Crippen LogP contribution in [0.1, 0.15) is 64.8 Å². The van der Waals surface area contributed by atoms with Gasteiger partial charge in [-0.1, -0.05) is 12.1 Å². The lowest BCUT2D eigenvalue weighted by molar-refractivity contribution is -0.131. The minimum absolute atomic E-state index is 0.0470. The molecule has 0 aliphatic carbocycles. The van der Waals surface area contributed by atoms with Crippen molar-refractivity contribution in [1.29, 1.82) is 0 Å². The molecule has 0 aromatic carbocycles. The number of nitrogens with one attached hydrogen (secondary N) is 1. The number of carbonyl (C=O) groups is 2. The van der Waals surface area contributed by atoms with E-state index >= 15 is 0 Å².